The molecule has 0 bridgehead atoms. The molecule has 0 fully saturated rings. The van der Waals surface area contributed by atoms with Crippen molar-refractivity contribution in [2.45, 2.75) is 9.79 Å². The van der Waals surface area contributed by atoms with Gasteiger partial charge in [0.15, 0.2) is 0 Å². The molecule has 2 aromatic rings. The van der Waals surface area contributed by atoms with Crippen LogP contribution in [-0.4, -0.2) is 22.9 Å². The number of hydrogen-bond acceptors (Lipinski definition) is 5. The first-order chi connectivity index (χ1) is 9.70. The summed E-state index contributed by atoms with van der Waals surface area (Å²) < 4.78 is 0. The van der Waals surface area contributed by atoms with Crippen molar-refractivity contribution in [3.63, 3.8) is 0 Å². The van der Waals surface area contributed by atoms with Crippen molar-refractivity contribution < 1.29 is 4.79 Å². The van der Waals surface area contributed by atoms with E-state index in [1.807, 2.05) is 36.6 Å². The minimum absolute atomic E-state index is 0.0484. The van der Waals surface area contributed by atoms with Gasteiger partial charge in [0.05, 0.1) is 23.3 Å². The SMILES string of the molecule is CSc1ccccc1NC(=O)CSc1ccncc1N. The molecule has 20 heavy (non-hydrogen) atoms. The van der Waals surface area contributed by atoms with Gasteiger partial charge in [-0.05, 0) is 24.5 Å². The highest BCUT2D eigenvalue weighted by atomic mass is 32.2. The number of nitrogens with one attached hydrogen (secondary N) is 1. The van der Waals surface area contributed by atoms with Crippen LogP contribution in [0, 0.1) is 0 Å². The van der Waals surface area contributed by atoms with Crippen molar-refractivity contribution in [1.82, 2.24) is 4.98 Å². The summed E-state index contributed by atoms with van der Waals surface area (Å²) in [6.45, 7) is 0. The number of aromatic nitrogens is 1. The zero-order valence-electron chi connectivity index (χ0n) is 11.0. The number of nitrogens with zero attached hydrogens (tertiary/aromatic N) is 1. The number of anilines is 2. The number of hydrogen-bond donors (Lipinski definition) is 2. The lowest BCUT2D eigenvalue weighted by atomic mass is 10.3. The molecule has 2 rings (SSSR count). The van der Waals surface area contributed by atoms with Crippen LogP contribution in [0.25, 0.3) is 0 Å². The maximum Gasteiger partial charge on any atom is 0.234 e. The number of amides is 1. The van der Waals surface area contributed by atoms with Crippen LogP contribution in [0.5, 0.6) is 0 Å². The molecule has 0 aliphatic carbocycles. The van der Waals surface area contributed by atoms with E-state index in [9.17, 15) is 4.79 Å². The van der Waals surface area contributed by atoms with Gasteiger partial charge in [0.2, 0.25) is 5.91 Å². The van der Waals surface area contributed by atoms with Crippen molar-refractivity contribution >= 4 is 40.8 Å². The predicted molar refractivity (Wildman–Crippen MR) is 86.2 cm³/mol. The van der Waals surface area contributed by atoms with Crippen LogP contribution in [0.1, 0.15) is 0 Å². The van der Waals surface area contributed by atoms with Gasteiger partial charge in [-0.25, -0.2) is 0 Å². The van der Waals surface area contributed by atoms with Gasteiger partial charge >= 0.3 is 0 Å². The molecule has 104 valence electrons. The Labute approximate surface area is 126 Å². The molecule has 0 aliphatic rings. The van der Waals surface area contributed by atoms with Gasteiger partial charge in [-0.15, -0.1) is 23.5 Å². The van der Waals surface area contributed by atoms with Crippen LogP contribution in [0.15, 0.2) is 52.5 Å². The Morgan fingerprint density at radius 3 is 2.85 bits per heavy atom. The number of para-hydroxylation sites is 1. The average molecular weight is 305 g/mol. The molecule has 1 heterocycles. The Bertz CT molecular complexity index is 604. The minimum Gasteiger partial charge on any atom is -0.397 e. The first kappa shape index (κ1) is 14.7. The number of nitrogens with two attached hydrogens (primary N) is 1. The van der Waals surface area contributed by atoms with Gasteiger partial charge in [-0.3, -0.25) is 9.78 Å². The fourth-order valence-electron chi connectivity index (χ4n) is 1.60. The Kier molecular flexibility index (Phi) is 5.31. The Balaban J connectivity index is 1.95. The van der Waals surface area contributed by atoms with E-state index in [1.165, 1.54) is 11.8 Å². The van der Waals surface area contributed by atoms with Crippen molar-refractivity contribution in [1.29, 1.82) is 0 Å². The van der Waals surface area contributed by atoms with E-state index in [1.54, 1.807) is 24.2 Å². The third kappa shape index (κ3) is 3.91. The average Bonchev–Trinajstić information content (AvgIpc) is 2.47. The summed E-state index contributed by atoms with van der Waals surface area (Å²) in [5.41, 5.74) is 7.22. The monoisotopic (exact) mass is 305 g/mol. The first-order valence-corrected chi connectivity index (χ1v) is 8.17. The van der Waals surface area contributed by atoms with Crippen LogP contribution in [0.3, 0.4) is 0 Å². The molecule has 4 nitrogen and oxygen atoms in total. The number of benzene rings is 1. The molecule has 6 heteroatoms. The van der Waals surface area contributed by atoms with E-state index in [4.69, 9.17) is 5.73 Å². The standard InChI is InChI=1S/C14H15N3OS2/c1-19-13-5-3-2-4-11(13)17-14(18)9-20-12-6-7-16-8-10(12)15/h2-8H,9,15H2,1H3,(H,17,18). The first-order valence-electron chi connectivity index (χ1n) is 5.96. The third-order valence-corrected chi connectivity index (χ3v) is 4.44. The molecule has 0 aliphatic heterocycles. The quantitative estimate of drug-likeness (QED) is 0.831. The van der Waals surface area contributed by atoms with E-state index in [-0.39, 0.29) is 5.91 Å². The second kappa shape index (κ2) is 7.21. The molecule has 1 aromatic heterocycles. The fourth-order valence-corrected chi connectivity index (χ4v) is 2.89. The van der Waals surface area contributed by atoms with Gasteiger partial charge in [0, 0.05) is 16.0 Å². The Morgan fingerprint density at radius 2 is 2.10 bits per heavy atom. The number of carbonyl (C=O) groups excluding carboxylic acids is 1. The van der Waals surface area contributed by atoms with Crippen LogP contribution < -0.4 is 11.1 Å². The highest BCUT2D eigenvalue weighted by Crippen LogP contribution is 2.26. The molecular weight excluding hydrogens is 290 g/mol. The normalized spacial score (nSPS) is 10.2. The molecule has 0 unspecified atom stereocenters. The second-order valence-corrected chi connectivity index (χ2v) is 5.82. The molecule has 0 saturated heterocycles. The molecule has 3 N–H and O–H groups in total. The lowest BCUT2D eigenvalue weighted by molar-refractivity contribution is -0.113. The van der Waals surface area contributed by atoms with Crippen molar-refractivity contribution in [3.05, 3.63) is 42.7 Å². The van der Waals surface area contributed by atoms with E-state index in [0.717, 1.165) is 15.5 Å². The molecule has 1 aromatic carbocycles. The van der Waals surface area contributed by atoms with Crippen LogP contribution in [0.4, 0.5) is 11.4 Å². The highest BCUT2D eigenvalue weighted by molar-refractivity contribution is 8.00. The van der Waals surface area contributed by atoms with Crippen molar-refractivity contribution in [2.24, 2.45) is 0 Å². The summed E-state index contributed by atoms with van der Waals surface area (Å²) in [5, 5.41) is 2.91. The number of nitrogen functional groups attached to an aromatic ring is 1. The number of thioether (sulfide) groups is 2. The van der Waals surface area contributed by atoms with Crippen molar-refractivity contribution in [3.8, 4) is 0 Å². The van der Waals surface area contributed by atoms with E-state index in [2.05, 4.69) is 10.3 Å². The molecule has 1 amide bonds. The van der Waals surface area contributed by atoms with Gasteiger partial charge in [0.1, 0.15) is 0 Å². The third-order valence-electron chi connectivity index (χ3n) is 2.55. The van der Waals surface area contributed by atoms with E-state index >= 15 is 0 Å². The number of rotatable bonds is 5. The fraction of sp³-hybridized carbons (Fsp3) is 0.143. The Hall–Kier alpha value is -1.66. The van der Waals surface area contributed by atoms with E-state index in [0.29, 0.717) is 11.4 Å². The highest BCUT2D eigenvalue weighted by Gasteiger charge is 2.08. The summed E-state index contributed by atoms with van der Waals surface area (Å²) in [5.74, 6) is 0.268. The van der Waals surface area contributed by atoms with Gasteiger partial charge in [-0.1, -0.05) is 12.1 Å². The minimum atomic E-state index is -0.0484. The lowest BCUT2D eigenvalue weighted by Crippen LogP contribution is -2.14. The van der Waals surface area contributed by atoms with Crippen LogP contribution in [0.2, 0.25) is 0 Å². The second-order valence-electron chi connectivity index (χ2n) is 3.95. The summed E-state index contributed by atoms with van der Waals surface area (Å²) in [7, 11) is 0. The zero-order chi connectivity index (χ0) is 14.4. The largest absolute Gasteiger partial charge is 0.397 e. The Morgan fingerprint density at radius 1 is 1.30 bits per heavy atom. The van der Waals surface area contributed by atoms with Crippen LogP contribution in [-0.2, 0) is 4.79 Å². The summed E-state index contributed by atoms with van der Waals surface area (Å²) in [6, 6.07) is 9.55. The summed E-state index contributed by atoms with van der Waals surface area (Å²) in [4.78, 5) is 17.8. The maximum atomic E-state index is 12.0. The van der Waals surface area contributed by atoms with Crippen LogP contribution >= 0.6 is 23.5 Å². The maximum absolute atomic E-state index is 12.0. The van der Waals surface area contributed by atoms with Gasteiger partial charge < -0.3 is 11.1 Å². The smallest absolute Gasteiger partial charge is 0.234 e. The molecule has 0 atom stereocenters. The number of carbonyl (C=O) groups is 1. The topological polar surface area (TPSA) is 68.0 Å². The molecule has 0 saturated carbocycles. The molecule has 0 radical (unpaired) electrons. The number of pyridine rings is 1. The van der Waals surface area contributed by atoms with E-state index < -0.39 is 0 Å². The van der Waals surface area contributed by atoms with Crippen molar-refractivity contribution in [2.75, 3.05) is 23.1 Å². The predicted octanol–water partition coefficient (Wildman–Crippen LogP) is 3.12. The van der Waals surface area contributed by atoms with Gasteiger partial charge in [0.25, 0.3) is 0 Å². The van der Waals surface area contributed by atoms with Gasteiger partial charge in [-0.2, -0.15) is 0 Å². The zero-order valence-corrected chi connectivity index (χ0v) is 12.6. The lowest BCUT2D eigenvalue weighted by Gasteiger charge is -2.09. The molecule has 0 spiro atoms. The summed E-state index contributed by atoms with van der Waals surface area (Å²) in [6.07, 6.45) is 5.24. The summed E-state index contributed by atoms with van der Waals surface area (Å²) >= 11 is 3.01. The molecular formula is C14H15N3OS2.